The molecule has 3 rings (SSSR count). The molecule has 23 heavy (non-hydrogen) atoms. The van der Waals surface area contributed by atoms with Crippen LogP contribution in [0.15, 0.2) is 83.3 Å². The molecule has 0 atom stereocenters. The zero-order valence-electron chi connectivity index (χ0n) is 12.6. The molecule has 0 radical (unpaired) electrons. The molecule has 116 valence electrons. The van der Waals surface area contributed by atoms with Gasteiger partial charge in [0.15, 0.2) is 0 Å². The fourth-order valence-electron chi connectivity index (χ4n) is 2.57. The van der Waals surface area contributed by atoms with E-state index in [9.17, 15) is 0 Å². The summed E-state index contributed by atoms with van der Waals surface area (Å²) in [5, 5.41) is 0.756. The Bertz CT molecular complexity index is 718. The van der Waals surface area contributed by atoms with Gasteiger partial charge in [-0.1, -0.05) is 88.2 Å². The van der Waals surface area contributed by atoms with Crippen molar-refractivity contribution in [3.8, 4) is 0 Å². The molecule has 0 aliphatic carbocycles. The SMILES string of the molecule is Clc1cc(Br)ccc1N(Cc1ccccc1)Cc1ccccc1. The lowest BCUT2D eigenvalue weighted by atomic mass is 10.1. The Hall–Kier alpha value is -1.77. The molecule has 0 saturated heterocycles. The van der Waals surface area contributed by atoms with Crippen LogP contribution in [0.1, 0.15) is 11.1 Å². The molecule has 3 heteroatoms. The van der Waals surface area contributed by atoms with E-state index in [2.05, 4.69) is 75.4 Å². The van der Waals surface area contributed by atoms with Gasteiger partial charge in [-0.05, 0) is 29.3 Å². The number of hydrogen-bond acceptors (Lipinski definition) is 1. The Morgan fingerprint density at radius 1 is 0.739 bits per heavy atom. The van der Waals surface area contributed by atoms with Gasteiger partial charge in [-0.2, -0.15) is 0 Å². The maximum Gasteiger partial charge on any atom is 0.0651 e. The number of hydrogen-bond donors (Lipinski definition) is 0. The third kappa shape index (κ3) is 4.37. The van der Waals surface area contributed by atoms with Crippen molar-refractivity contribution in [2.24, 2.45) is 0 Å². The van der Waals surface area contributed by atoms with Gasteiger partial charge in [0.05, 0.1) is 10.7 Å². The molecule has 0 spiro atoms. The summed E-state index contributed by atoms with van der Waals surface area (Å²) in [6, 6.07) is 27.0. The molecule has 0 N–H and O–H groups in total. The number of anilines is 1. The summed E-state index contributed by atoms with van der Waals surface area (Å²) >= 11 is 9.96. The average molecular weight is 387 g/mol. The molecule has 0 amide bonds. The first-order valence-corrected chi connectivity index (χ1v) is 8.67. The van der Waals surface area contributed by atoms with E-state index in [1.165, 1.54) is 11.1 Å². The summed E-state index contributed by atoms with van der Waals surface area (Å²) in [5.74, 6) is 0. The van der Waals surface area contributed by atoms with E-state index in [0.717, 1.165) is 28.3 Å². The topological polar surface area (TPSA) is 3.24 Å². The van der Waals surface area contributed by atoms with Gasteiger partial charge in [0, 0.05) is 17.6 Å². The lowest BCUT2D eigenvalue weighted by molar-refractivity contribution is 0.800. The van der Waals surface area contributed by atoms with Crippen LogP contribution in [0.2, 0.25) is 5.02 Å². The van der Waals surface area contributed by atoms with E-state index < -0.39 is 0 Å². The smallest absolute Gasteiger partial charge is 0.0651 e. The Labute approximate surface area is 150 Å². The second-order valence-corrected chi connectivity index (χ2v) is 6.75. The average Bonchev–Trinajstić information content (AvgIpc) is 2.56. The molecule has 0 heterocycles. The number of halogens is 2. The molecule has 0 saturated carbocycles. The molecule has 0 aliphatic rings. The van der Waals surface area contributed by atoms with Gasteiger partial charge in [-0.25, -0.2) is 0 Å². The van der Waals surface area contributed by atoms with Crippen LogP contribution in [0.4, 0.5) is 5.69 Å². The molecule has 3 aromatic carbocycles. The molecule has 3 aromatic rings. The van der Waals surface area contributed by atoms with Crippen molar-refractivity contribution in [2.75, 3.05) is 4.90 Å². The normalized spacial score (nSPS) is 10.5. The fraction of sp³-hybridized carbons (Fsp3) is 0.100. The minimum Gasteiger partial charge on any atom is -0.362 e. The summed E-state index contributed by atoms with van der Waals surface area (Å²) in [7, 11) is 0. The highest BCUT2D eigenvalue weighted by atomic mass is 79.9. The van der Waals surface area contributed by atoms with Crippen molar-refractivity contribution in [2.45, 2.75) is 13.1 Å². The number of nitrogens with zero attached hydrogens (tertiary/aromatic N) is 1. The van der Waals surface area contributed by atoms with Crippen molar-refractivity contribution in [1.29, 1.82) is 0 Å². The third-order valence-electron chi connectivity index (χ3n) is 3.68. The summed E-state index contributed by atoms with van der Waals surface area (Å²) < 4.78 is 0.991. The number of benzene rings is 3. The first-order valence-electron chi connectivity index (χ1n) is 7.50. The van der Waals surface area contributed by atoms with Crippen LogP contribution in [0, 0.1) is 0 Å². The van der Waals surface area contributed by atoms with E-state index in [-0.39, 0.29) is 0 Å². The van der Waals surface area contributed by atoms with Gasteiger partial charge in [0.1, 0.15) is 0 Å². The van der Waals surface area contributed by atoms with E-state index in [0.29, 0.717) is 0 Å². The molecule has 0 fully saturated rings. The Morgan fingerprint density at radius 3 is 1.74 bits per heavy atom. The predicted octanol–water partition coefficient (Wildman–Crippen LogP) is 6.31. The third-order valence-corrected chi connectivity index (χ3v) is 4.48. The number of rotatable bonds is 5. The maximum atomic E-state index is 6.49. The first-order chi connectivity index (χ1) is 11.2. The minimum atomic E-state index is 0.756. The summed E-state index contributed by atoms with van der Waals surface area (Å²) in [6.07, 6.45) is 0. The van der Waals surface area contributed by atoms with Gasteiger partial charge in [-0.3, -0.25) is 0 Å². The van der Waals surface area contributed by atoms with Gasteiger partial charge in [0.25, 0.3) is 0 Å². The van der Waals surface area contributed by atoms with Crippen LogP contribution in [0.5, 0.6) is 0 Å². The Morgan fingerprint density at radius 2 is 1.26 bits per heavy atom. The highest BCUT2D eigenvalue weighted by molar-refractivity contribution is 9.10. The molecule has 0 aliphatic heterocycles. The standard InChI is InChI=1S/C20H17BrClN/c21-18-11-12-20(19(22)13-18)23(14-16-7-3-1-4-8-16)15-17-9-5-2-6-10-17/h1-13H,14-15H2. The van der Waals surface area contributed by atoms with Gasteiger partial charge >= 0.3 is 0 Å². The highest BCUT2D eigenvalue weighted by Crippen LogP contribution is 2.31. The van der Waals surface area contributed by atoms with E-state index in [4.69, 9.17) is 11.6 Å². The summed E-state index contributed by atoms with van der Waals surface area (Å²) in [6.45, 7) is 1.63. The van der Waals surface area contributed by atoms with Gasteiger partial charge in [0.2, 0.25) is 0 Å². The summed E-state index contributed by atoms with van der Waals surface area (Å²) in [5.41, 5.74) is 3.58. The van der Waals surface area contributed by atoms with E-state index in [1.807, 2.05) is 24.3 Å². The zero-order chi connectivity index (χ0) is 16.1. The van der Waals surface area contributed by atoms with Crippen molar-refractivity contribution in [1.82, 2.24) is 0 Å². The van der Waals surface area contributed by atoms with Crippen molar-refractivity contribution in [3.63, 3.8) is 0 Å². The van der Waals surface area contributed by atoms with E-state index >= 15 is 0 Å². The lowest BCUT2D eigenvalue weighted by Gasteiger charge is -2.26. The minimum absolute atomic E-state index is 0.756. The zero-order valence-corrected chi connectivity index (χ0v) is 15.0. The maximum absolute atomic E-state index is 6.49. The Kier molecular flexibility index (Phi) is 5.37. The second kappa shape index (κ2) is 7.67. The van der Waals surface area contributed by atoms with Crippen molar-refractivity contribution >= 4 is 33.2 Å². The molecular weight excluding hydrogens is 370 g/mol. The van der Waals surface area contributed by atoms with Crippen molar-refractivity contribution < 1.29 is 0 Å². The molecule has 1 nitrogen and oxygen atoms in total. The van der Waals surface area contributed by atoms with Gasteiger partial charge < -0.3 is 4.90 Å². The summed E-state index contributed by atoms with van der Waals surface area (Å²) in [4.78, 5) is 2.31. The Balaban J connectivity index is 1.92. The molecular formula is C20H17BrClN. The van der Waals surface area contributed by atoms with Crippen LogP contribution in [0.25, 0.3) is 0 Å². The quantitative estimate of drug-likeness (QED) is 0.496. The van der Waals surface area contributed by atoms with E-state index in [1.54, 1.807) is 0 Å². The van der Waals surface area contributed by atoms with Crippen LogP contribution in [-0.4, -0.2) is 0 Å². The fourth-order valence-corrected chi connectivity index (χ4v) is 3.36. The van der Waals surface area contributed by atoms with Gasteiger partial charge in [-0.15, -0.1) is 0 Å². The van der Waals surface area contributed by atoms with Crippen LogP contribution < -0.4 is 4.90 Å². The molecule has 0 aromatic heterocycles. The highest BCUT2D eigenvalue weighted by Gasteiger charge is 2.12. The second-order valence-electron chi connectivity index (χ2n) is 5.42. The van der Waals surface area contributed by atoms with Crippen LogP contribution >= 0.6 is 27.5 Å². The first kappa shape index (κ1) is 16.1. The molecule has 0 bridgehead atoms. The largest absolute Gasteiger partial charge is 0.362 e. The predicted molar refractivity (Wildman–Crippen MR) is 102 cm³/mol. The van der Waals surface area contributed by atoms with Crippen LogP contribution in [0.3, 0.4) is 0 Å². The lowest BCUT2D eigenvalue weighted by Crippen LogP contribution is -2.22. The monoisotopic (exact) mass is 385 g/mol. The molecule has 0 unspecified atom stereocenters. The van der Waals surface area contributed by atoms with Crippen LogP contribution in [-0.2, 0) is 13.1 Å². The van der Waals surface area contributed by atoms with Crippen molar-refractivity contribution in [3.05, 3.63) is 99.5 Å².